The van der Waals surface area contributed by atoms with E-state index in [1.807, 2.05) is 0 Å². The second-order valence-electron chi connectivity index (χ2n) is 5.64. The van der Waals surface area contributed by atoms with Crippen LogP contribution in [0.15, 0.2) is 0 Å². The molecule has 0 aliphatic heterocycles. The highest BCUT2D eigenvalue weighted by atomic mass is 16.1. The summed E-state index contributed by atoms with van der Waals surface area (Å²) in [5.74, 6) is 1.76. The minimum atomic E-state index is 0.544. The van der Waals surface area contributed by atoms with Crippen LogP contribution in [0.25, 0.3) is 0 Å². The molecule has 0 aromatic carbocycles. The van der Waals surface area contributed by atoms with Crippen molar-refractivity contribution in [3.05, 3.63) is 0 Å². The number of rotatable bonds is 2. The Morgan fingerprint density at radius 2 is 1.33 bits per heavy atom. The highest BCUT2D eigenvalue weighted by Gasteiger charge is 2.72. The van der Waals surface area contributed by atoms with Crippen LogP contribution in [0.3, 0.4) is 0 Å². The molecule has 0 bridgehead atoms. The molecule has 12 heavy (non-hydrogen) atoms. The quantitative estimate of drug-likeness (QED) is 0.608. The third-order valence-corrected chi connectivity index (χ3v) is 4.85. The monoisotopic (exact) mass is 162 g/mol. The summed E-state index contributed by atoms with van der Waals surface area (Å²) in [4.78, 5) is 11.9. The summed E-state index contributed by atoms with van der Waals surface area (Å²) < 4.78 is 0. The Kier molecular flexibility index (Phi) is 0.722. The van der Waals surface area contributed by atoms with Crippen molar-refractivity contribution >= 4 is 5.78 Å². The van der Waals surface area contributed by atoms with Crippen molar-refractivity contribution < 1.29 is 4.79 Å². The topological polar surface area (TPSA) is 17.1 Å². The van der Waals surface area contributed by atoms with Crippen LogP contribution in [-0.2, 0) is 4.79 Å². The summed E-state index contributed by atoms with van der Waals surface area (Å²) in [6.45, 7) is 0. The summed E-state index contributed by atoms with van der Waals surface area (Å²) in [6.07, 6.45) is 7.98. The number of Topliss-reactive ketones (excluding diaryl/α,β-unsaturated/α-hetero) is 1. The summed E-state index contributed by atoms with van der Waals surface area (Å²) in [5, 5.41) is 0. The molecule has 2 atom stereocenters. The van der Waals surface area contributed by atoms with Crippen LogP contribution in [0, 0.1) is 22.7 Å². The van der Waals surface area contributed by atoms with Gasteiger partial charge in [-0.15, -0.1) is 0 Å². The lowest BCUT2D eigenvalue weighted by molar-refractivity contribution is -0.122. The zero-order chi connectivity index (χ0) is 7.97. The van der Waals surface area contributed by atoms with Crippen LogP contribution in [-0.4, -0.2) is 5.78 Å². The normalized spacial score (nSPS) is 47.7. The van der Waals surface area contributed by atoms with E-state index < -0.39 is 0 Å². The number of carbonyl (C=O) groups excluding carboxylic acids is 1. The molecule has 0 amide bonds. The molecule has 1 heteroatoms. The Bertz CT molecular complexity index is 255. The highest BCUT2D eigenvalue weighted by molar-refractivity contribution is 5.91. The van der Waals surface area contributed by atoms with Crippen molar-refractivity contribution in [3.63, 3.8) is 0 Å². The van der Waals surface area contributed by atoms with E-state index in [1.54, 1.807) is 0 Å². The summed E-state index contributed by atoms with van der Waals surface area (Å²) in [6, 6.07) is 0. The lowest BCUT2D eigenvalue weighted by Gasteiger charge is -1.94. The van der Waals surface area contributed by atoms with E-state index in [9.17, 15) is 4.79 Å². The predicted octanol–water partition coefficient (Wildman–Crippen LogP) is 2.16. The maximum Gasteiger partial charge on any atom is 0.140 e. The maximum atomic E-state index is 11.9. The van der Waals surface area contributed by atoms with Crippen LogP contribution in [0.1, 0.15) is 38.5 Å². The van der Waals surface area contributed by atoms with E-state index >= 15 is 0 Å². The zero-order valence-corrected chi connectivity index (χ0v) is 7.31. The van der Waals surface area contributed by atoms with Gasteiger partial charge in [0.25, 0.3) is 0 Å². The average molecular weight is 162 g/mol. The molecule has 0 aromatic heterocycles. The first-order chi connectivity index (χ1) is 5.76. The Labute approximate surface area is 72.5 Å². The molecule has 4 fully saturated rings. The molecule has 0 aromatic rings. The van der Waals surface area contributed by atoms with E-state index in [0.717, 1.165) is 0 Å². The molecular formula is C11H14O. The molecule has 2 spiro atoms. The standard InChI is InChI=1S/C11H14O/c12-9(7-5-10(7)1-2-10)8-6-11(8)3-4-11/h7-8H,1-6H2. The van der Waals surface area contributed by atoms with Gasteiger partial charge in [-0.3, -0.25) is 4.79 Å². The van der Waals surface area contributed by atoms with E-state index in [-0.39, 0.29) is 0 Å². The summed E-state index contributed by atoms with van der Waals surface area (Å²) in [5.41, 5.74) is 1.21. The zero-order valence-electron chi connectivity index (χ0n) is 7.31. The van der Waals surface area contributed by atoms with E-state index in [4.69, 9.17) is 0 Å². The molecule has 0 saturated heterocycles. The van der Waals surface area contributed by atoms with Gasteiger partial charge >= 0.3 is 0 Å². The third kappa shape index (κ3) is 0.571. The average Bonchev–Trinajstić information content (AvgIpc) is 2.97. The van der Waals surface area contributed by atoms with Crippen LogP contribution in [0.2, 0.25) is 0 Å². The molecule has 2 unspecified atom stereocenters. The second-order valence-corrected chi connectivity index (χ2v) is 5.64. The fourth-order valence-corrected chi connectivity index (χ4v) is 3.17. The molecular weight excluding hydrogens is 148 g/mol. The van der Waals surface area contributed by atoms with E-state index in [1.165, 1.54) is 38.5 Å². The molecule has 0 radical (unpaired) electrons. The van der Waals surface area contributed by atoms with Gasteiger partial charge in [-0.1, -0.05) is 0 Å². The fraction of sp³-hybridized carbons (Fsp3) is 0.909. The van der Waals surface area contributed by atoms with Gasteiger partial charge in [0.1, 0.15) is 5.78 Å². The van der Waals surface area contributed by atoms with Crippen molar-refractivity contribution in [3.8, 4) is 0 Å². The third-order valence-electron chi connectivity index (χ3n) is 4.85. The minimum absolute atomic E-state index is 0.544. The molecule has 4 rings (SSSR count). The molecule has 0 heterocycles. The lowest BCUT2D eigenvalue weighted by Crippen LogP contribution is -2.06. The van der Waals surface area contributed by atoms with Gasteiger partial charge in [-0.05, 0) is 49.4 Å². The molecule has 4 aliphatic carbocycles. The van der Waals surface area contributed by atoms with Crippen molar-refractivity contribution in [2.75, 3.05) is 0 Å². The minimum Gasteiger partial charge on any atom is -0.299 e. The van der Waals surface area contributed by atoms with Crippen LogP contribution < -0.4 is 0 Å². The van der Waals surface area contributed by atoms with E-state index in [2.05, 4.69) is 0 Å². The van der Waals surface area contributed by atoms with Gasteiger partial charge in [0.05, 0.1) is 0 Å². The second kappa shape index (κ2) is 1.40. The summed E-state index contributed by atoms with van der Waals surface area (Å²) >= 11 is 0. The number of hydrogen-bond acceptors (Lipinski definition) is 1. The van der Waals surface area contributed by atoms with Crippen molar-refractivity contribution in [1.29, 1.82) is 0 Å². The Balaban J connectivity index is 1.52. The molecule has 4 saturated carbocycles. The SMILES string of the molecule is O=C(C1CC12CC2)C1CC12CC2. The first-order valence-corrected chi connectivity index (χ1v) is 5.30. The predicted molar refractivity (Wildman–Crippen MR) is 44.6 cm³/mol. The van der Waals surface area contributed by atoms with Gasteiger partial charge in [-0.25, -0.2) is 0 Å². The van der Waals surface area contributed by atoms with Crippen molar-refractivity contribution in [2.24, 2.45) is 22.7 Å². The Hall–Kier alpha value is -0.330. The van der Waals surface area contributed by atoms with Crippen LogP contribution in [0.4, 0.5) is 0 Å². The lowest BCUT2D eigenvalue weighted by atomic mass is 10.1. The van der Waals surface area contributed by atoms with Crippen LogP contribution in [0.5, 0.6) is 0 Å². The smallest absolute Gasteiger partial charge is 0.140 e. The maximum absolute atomic E-state index is 11.9. The Morgan fingerprint density at radius 3 is 1.58 bits per heavy atom. The number of carbonyl (C=O) groups is 1. The van der Waals surface area contributed by atoms with Crippen molar-refractivity contribution in [1.82, 2.24) is 0 Å². The highest BCUT2D eigenvalue weighted by Crippen LogP contribution is 2.77. The summed E-state index contributed by atoms with van der Waals surface area (Å²) in [7, 11) is 0. The fourth-order valence-electron chi connectivity index (χ4n) is 3.17. The van der Waals surface area contributed by atoms with E-state index in [0.29, 0.717) is 28.4 Å². The first kappa shape index (κ1) is 6.17. The molecule has 4 aliphatic rings. The van der Waals surface area contributed by atoms with Gasteiger partial charge in [-0.2, -0.15) is 0 Å². The Morgan fingerprint density at radius 1 is 0.917 bits per heavy atom. The van der Waals surface area contributed by atoms with Gasteiger partial charge in [0, 0.05) is 11.8 Å². The largest absolute Gasteiger partial charge is 0.299 e. The molecule has 0 N–H and O–H groups in total. The van der Waals surface area contributed by atoms with Gasteiger partial charge in [0.15, 0.2) is 0 Å². The number of ketones is 1. The van der Waals surface area contributed by atoms with Gasteiger partial charge in [0.2, 0.25) is 0 Å². The first-order valence-electron chi connectivity index (χ1n) is 5.30. The van der Waals surface area contributed by atoms with Gasteiger partial charge < -0.3 is 0 Å². The molecule has 64 valence electrons. The van der Waals surface area contributed by atoms with Crippen molar-refractivity contribution in [2.45, 2.75) is 38.5 Å². The number of hydrogen-bond donors (Lipinski definition) is 0. The molecule has 1 nitrogen and oxygen atoms in total. The van der Waals surface area contributed by atoms with Crippen LogP contribution >= 0.6 is 0 Å².